The summed E-state index contributed by atoms with van der Waals surface area (Å²) in [7, 11) is 0. The van der Waals surface area contributed by atoms with Crippen LogP contribution in [-0.4, -0.2) is 36.6 Å². The maximum Gasteiger partial charge on any atom is 0.307 e. The highest BCUT2D eigenvalue weighted by atomic mass is 16.6. The molecule has 0 radical (unpaired) electrons. The second kappa shape index (κ2) is 8.08. The van der Waals surface area contributed by atoms with E-state index in [-0.39, 0.29) is 24.3 Å². The van der Waals surface area contributed by atoms with Gasteiger partial charge in [-0.05, 0) is 34.1 Å². The maximum atomic E-state index is 11.5. The zero-order valence-corrected chi connectivity index (χ0v) is 12.1. The number of ether oxygens (including phenoxy) is 1. The Kier molecular flexibility index (Phi) is 7.59. The van der Waals surface area contributed by atoms with Gasteiger partial charge in [0.2, 0.25) is 5.91 Å². The minimum absolute atomic E-state index is 0.0407. The summed E-state index contributed by atoms with van der Waals surface area (Å²) >= 11 is 0. The fourth-order valence-electron chi connectivity index (χ4n) is 1.28. The van der Waals surface area contributed by atoms with E-state index in [1.807, 2.05) is 27.7 Å². The zero-order valence-electron chi connectivity index (χ0n) is 12.1. The monoisotopic (exact) mass is 258 g/mol. The Hall–Kier alpha value is -1.10. The number of rotatable bonds is 7. The fourth-order valence-corrected chi connectivity index (χ4v) is 1.28. The van der Waals surface area contributed by atoms with Crippen LogP contribution in [0.1, 0.15) is 47.5 Å². The first-order valence-corrected chi connectivity index (χ1v) is 6.49. The molecule has 0 bridgehead atoms. The van der Waals surface area contributed by atoms with E-state index in [1.165, 1.54) is 0 Å². The Labute approximate surface area is 110 Å². The Morgan fingerprint density at radius 1 is 1.22 bits per heavy atom. The van der Waals surface area contributed by atoms with Gasteiger partial charge in [0.25, 0.3) is 0 Å². The van der Waals surface area contributed by atoms with Crippen LogP contribution < -0.4 is 10.6 Å². The third-order valence-electron chi connectivity index (χ3n) is 2.14. The number of carbonyl (C=O) groups excluding carboxylic acids is 2. The molecule has 1 atom stereocenters. The van der Waals surface area contributed by atoms with Gasteiger partial charge < -0.3 is 15.4 Å². The van der Waals surface area contributed by atoms with E-state index in [9.17, 15) is 9.59 Å². The number of esters is 1. The molecule has 0 spiro atoms. The average molecular weight is 258 g/mol. The molecular formula is C13H26N2O3. The van der Waals surface area contributed by atoms with E-state index < -0.39 is 5.60 Å². The van der Waals surface area contributed by atoms with Crippen LogP contribution in [-0.2, 0) is 14.3 Å². The lowest BCUT2D eigenvalue weighted by molar-refractivity contribution is -0.154. The Morgan fingerprint density at radius 3 is 2.33 bits per heavy atom. The SMILES string of the molecule is CCCNC(=O)C(C)NCCC(=O)OC(C)(C)C. The van der Waals surface area contributed by atoms with Crippen molar-refractivity contribution in [2.24, 2.45) is 0 Å². The summed E-state index contributed by atoms with van der Waals surface area (Å²) < 4.78 is 5.17. The molecule has 0 aliphatic rings. The molecule has 0 aromatic heterocycles. The molecule has 18 heavy (non-hydrogen) atoms. The van der Waals surface area contributed by atoms with Crippen molar-refractivity contribution in [1.29, 1.82) is 0 Å². The molecule has 1 amide bonds. The van der Waals surface area contributed by atoms with Gasteiger partial charge in [-0.15, -0.1) is 0 Å². The van der Waals surface area contributed by atoms with Gasteiger partial charge in [0.1, 0.15) is 5.60 Å². The molecule has 0 aromatic rings. The van der Waals surface area contributed by atoms with Crippen LogP contribution in [0, 0.1) is 0 Å². The van der Waals surface area contributed by atoms with Crippen LogP contribution in [0.4, 0.5) is 0 Å². The van der Waals surface area contributed by atoms with Crippen molar-refractivity contribution in [3.8, 4) is 0 Å². The van der Waals surface area contributed by atoms with E-state index in [0.717, 1.165) is 6.42 Å². The third-order valence-corrected chi connectivity index (χ3v) is 2.14. The first-order chi connectivity index (χ1) is 8.26. The van der Waals surface area contributed by atoms with Gasteiger partial charge in [0, 0.05) is 13.1 Å². The fraction of sp³-hybridized carbons (Fsp3) is 0.846. The summed E-state index contributed by atoms with van der Waals surface area (Å²) in [6.45, 7) is 10.4. The van der Waals surface area contributed by atoms with Crippen molar-refractivity contribution >= 4 is 11.9 Å². The first-order valence-electron chi connectivity index (χ1n) is 6.49. The minimum Gasteiger partial charge on any atom is -0.460 e. The second-order valence-corrected chi connectivity index (χ2v) is 5.30. The van der Waals surface area contributed by atoms with Gasteiger partial charge in [-0.3, -0.25) is 9.59 Å². The van der Waals surface area contributed by atoms with Crippen molar-refractivity contribution in [2.75, 3.05) is 13.1 Å². The molecule has 0 aromatic carbocycles. The summed E-state index contributed by atoms with van der Waals surface area (Å²) in [6.07, 6.45) is 1.18. The normalized spacial score (nSPS) is 12.9. The lowest BCUT2D eigenvalue weighted by atomic mass is 10.2. The molecule has 0 fully saturated rings. The molecule has 106 valence electrons. The largest absolute Gasteiger partial charge is 0.460 e. The van der Waals surface area contributed by atoms with Crippen LogP contribution in [0.3, 0.4) is 0 Å². The maximum absolute atomic E-state index is 11.5. The van der Waals surface area contributed by atoms with Crippen molar-refractivity contribution in [3.05, 3.63) is 0 Å². The summed E-state index contributed by atoms with van der Waals surface area (Å²) in [5.74, 6) is -0.294. The average Bonchev–Trinajstić information content (AvgIpc) is 2.23. The summed E-state index contributed by atoms with van der Waals surface area (Å²) in [4.78, 5) is 22.9. The quantitative estimate of drug-likeness (QED) is 0.674. The van der Waals surface area contributed by atoms with Gasteiger partial charge in [-0.25, -0.2) is 0 Å². The van der Waals surface area contributed by atoms with Crippen molar-refractivity contribution < 1.29 is 14.3 Å². The smallest absolute Gasteiger partial charge is 0.307 e. The molecule has 0 saturated heterocycles. The summed E-state index contributed by atoms with van der Waals surface area (Å²) in [6, 6.07) is -0.293. The molecule has 0 aliphatic carbocycles. The van der Waals surface area contributed by atoms with E-state index >= 15 is 0 Å². The standard InChI is InChI=1S/C13H26N2O3/c1-6-8-15-12(17)10(2)14-9-7-11(16)18-13(3,4)5/h10,14H,6-9H2,1-5H3,(H,15,17). The highest BCUT2D eigenvalue weighted by Crippen LogP contribution is 2.07. The highest BCUT2D eigenvalue weighted by molar-refractivity contribution is 5.81. The predicted molar refractivity (Wildman–Crippen MR) is 71.2 cm³/mol. The van der Waals surface area contributed by atoms with Crippen molar-refractivity contribution in [2.45, 2.75) is 59.1 Å². The first kappa shape index (κ1) is 16.9. The molecule has 0 saturated carbocycles. The molecule has 0 aliphatic heterocycles. The van der Waals surface area contributed by atoms with Crippen molar-refractivity contribution in [3.63, 3.8) is 0 Å². The number of amides is 1. The van der Waals surface area contributed by atoms with Gasteiger partial charge in [0.05, 0.1) is 12.5 Å². The third kappa shape index (κ3) is 8.98. The lowest BCUT2D eigenvalue weighted by Crippen LogP contribution is -2.43. The van der Waals surface area contributed by atoms with Crippen molar-refractivity contribution in [1.82, 2.24) is 10.6 Å². The van der Waals surface area contributed by atoms with Crippen LogP contribution >= 0.6 is 0 Å². The molecule has 0 rings (SSSR count). The van der Waals surface area contributed by atoms with E-state index in [4.69, 9.17) is 4.74 Å². The number of carbonyl (C=O) groups is 2. The second-order valence-electron chi connectivity index (χ2n) is 5.30. The molecular weight excluding hydrogens is 232 g/mol. The lowest BCUT2D eigenvalue weighted by Gasteiger charge is -2.20. The van der Waals surface area contributed by atoms with Crippen LogP contribution in [0.2, 0.25) is 0 Å². The molecule has 1 unspecified atom stereocenters. The zero-order chi connectivity index (χ0) is 14.2. The molecule has 2 N–H and O–H groups in total. The summed E-state index contributed by atoms with van der Waals surface area (Å²) in [5, 5.41) is 5.79. The Morgan fingerprint density at radius 2 is 1.83 bits per heavy atom. The molecule has 5 nitrogen and oxygen atoms in total. The summed E-state index contributed by atoms with van der Waals surface area (Å²) in [5.41, 5.74) is -0.457. The minimum atomic E-state index is -0.457. The van der Waals surface area contributed by atoms with Crippen LogP contribution in [0.15, 0.2) is 0 Å². The van der Waals surface area contributed by atoms with Gasteiger partial charge in [-0.1, -0.05) is 6.92 Å². The molecule has 0 heterocycles. The number of hydrogen-bond acceptors (Lipinski definition) is 4. The van der Waals surface area contributed by atoms with Gasteiger partial charge in [-0.2, -0.15) is 0 Å². The number of hydrogen-bond donors (Lipinski definition) is 2. The molecule has 5 heteroatoms. The van der Waals surface area contributed by atoms with E-state index in [0.29, 0.717) is 13.1 Å². The van der Waals surface area contributed by atoms with E-state index in [1.54, 1.807) is 6.92 Å². The highest BCUT2D eigenvalue weighted by Gasteiger charge is 2.17. The van der Waals surface area contributed by atoms with E-state index in [2.05, 4.69) is 10.6 Å². The predicted octanol–water partition coefficient (Wildman–Crippen LogP) is 1.22. The Balaban J connectivity index is 3.77. The topological polar surface area (TPSA) is 67.4 Å². The Bertz CT molecular complexity index is 272. The van der Waals surface area contributed by atoms with Crippen LogP contribution in [0.5, 0.6) is 0 Å². The van der Waals surface area contributed by atoms with Crippen LogP contribution in [0.25, 0.3) is 0 Å². The van der Waals surface area contributed by atoms with Gasteiger partial charge in [0.15, 0.2) is 0 Å². The number of nitrogens with one attached hydrogen (secondary N) is 2. The van der Waals surface area contributed by atoms with Gasteiger partial charge >= 0.3 is 5.97 Å².